The van der Waals surface area contributed by atoms with Crippen molar-refractivity contribution >= 4 is 0 Å². The van der Waals surface area contributed by atoms with E-state index in [0.29, 0.717) is 13.0 Å². The van der Waals surface area contributed by atoms with Crippen LogP contribution in [0.1, 0.15) is 12.8 Å². The summed E-state index contributed by atoms with van der Waals surface area (Å²) < 4.78 is 36.1. The van der Waals surface area contributed by atoms with E-state index in [1.807, 2.05) is 0 Å². The molecule has 68 valence electrons. The van der Waals surface area contributed by atoms with Crippen molar-refractivity contribution in [2.75, 3.05) is 6.54 Å². The first-order chi connectivity index (χ1) is 5.54. The van der Waals surface area contributed by atoms with Crippen LogP contribution in [0.4, 0.5) is 13.2 Å². The Morgan fingerprint density at radius 1 is 1.25 bits per heavy atom. The average Bonchev–Trinajstić information content (AvgIpc) is 2.03. The highest BCUT2D eigenvalue weighted by Crippen LogP contribution is 2.32. The normalized spacial score (nSPS) is 18.7. The van der Waals surface area contributed by atoms with E-state index in [4.69, 9.17) is 5.73 Å². The quantitative estimate of drug-likeness (QED) is 0.652. The van der Waals surface area contributed by atoms with Crippen LogP contribution in [0.15, 0.2) is 23.3 Å². The van der Waals surface area contributed by atoms with Gasteiger partial charge in [-0.2, -0.15) is 13.2 Å². The second-order valence-electron chi connectivity index (χ2n) is 2.72. The van der Waals surface area contributed by atoms with Gasteiger partial charge in [-0.3, -0.25) is 0 Å². The number of hydrogen-bond donors (Lipinski definition) is 1. The lowest BCUT2D eigenvalue weighted by molar-refractivity contribution is -0.0941. The fourth-order valence-corrected chi connectivity index (χ4v) is 1.09. The van der Waals surface area contributed by atoms with Gasteiger partial charge in [-0.25, -0.2) is 0 Å². The molecule has 1 aliphatic carbocycles. The molecule has 0 aromatic heterocycles. The van der Waals surface area contributed by atoms with E-state index in [0.717, 1.165) is 11.6 Å². The Labute approximate surface area is 68.7 Å². The summed E-state index contributed by atoms with van der Waals surface area (Å²) in [5.74, 6) is 0. The summed E-state index contributed by atoms with van der Waals surface area (Å²) in [7, 11) is 0. The number of alkyl halides is 3. The molecule has 0 aliphatic heterocycles. The summed E-state index contributed by atoms with van der Waals surface area (Å²) >= 11 is 0. The molecule has 0 atom stereocenters. The van der Waals surface area contributed by atoms with Gasteiger partial charge in [0.1, 0.15) is 0 Å². The number of nitrogens with two attached hydrogens (primary N) is 1. The molecule has 0 radical (unpaired) electrons. The highest BCUT2D eigenvalue weighted by molar-refractivity contribution is 5.27. The van der Waals surface area contributed by atoms with Gasteiger partial charge in [-0.05, 0) is 12.8 Å². The van der Waals surface area contributed by atoms with Crippen molar-refractivity contribution in [1.29, 1.82) is 0 Å². The third kappa shape index (κ3) is 2.11. The molecule has 0 heterocycles. The molecule has 1 rings (SSSR count). The van der Waals surface area contributed by atoms with Crippen molar-refractivity contribution in [3.8, 4) is 0 Å². The van der Waals surface area contributed by atoms with Crippen LogP contribution >= 0.6 is 0 Å². The maximum atomic E-state index is 12.0. The van der Waals surface area contributed by atoms with E-state index < -0.39 is 11.7 Å². The Hall–Kier alpha value is -0.770. The fourth-order valence-electron chi connectivity index (χ4n) is 1.09. The molecule has 1 nitrogen and oxygen atoms in total. The van der Waals surface area contributed by atoms with Crippen molar-refractivity contribution in [3.63, 3.8) is 0 Å². The minimum absolute atomic E-state index is 0.0620. The lowest BCUT2D eigenvalue weighted by Crippen LogP contribution is -2.15. The molecule has 0 spiro atoms. The predicted octanol–water partition coefficient (Wildman–Crippen LogP) is 2.15. The molecule has 0 unspecified atom stereocenters. The Morgan fingerprint density at radius 2 is 1.92 bits per heavy atom. The lowest BCUT2D eigenvalue weighted by Gasteiger charge is -2.15. The Balaban J connectivity index is 2.73. The molecule has 1 aliphatic rings. The summed E-state index contributed by atoms with van der Waals surface area (Å²) in [6.45, 7) is 0.349. The summed E-state index contributed by atoms with van der Waals surface area (Å²) in [6.07, 6.45) is -1.09. The molecular weight excluding hydrogens is 167 g/mol. The molecule has 0 fully saturated rings. The van der Waals surface area contributed by atoms with Crippen LogP contribution in [0.5, 0.6) is 0 Å². The smallest absolute Gasteiger partial charge is 0.327 e. The zero-order valence-corrected chi connectivity index (χ0v) is 6.49. The second-order valence-corrected chi connectivity index (χ2v) is 2.72. The molecule has 0 bridgehead atoms. The molecule has 0 saturated heterocycles. The van der Waals surface area contributed by atoms with Crippen LogP contribution in [-0.4, -0.2) is 12.7 Å². The van der Waals surface area contributed by atoms with Crippen LogP contribution in [0, 0.1) is 0 Å². The molecule has 12 heavy (non-hydrogen) atoms. The molecule has 0 aromatic carbocycles. The zero-order valence-electron chi connectivity index (χ0n) is 6.49. The van der Waals surface area contributed by atoms with Crippen LogP contribution in [0.2, 0.25) is 0 Å². The topological polar surface area (TPSA) is 26.0 Å². The number of hydrogen-bond acceptors (Lipinski definition) is 1. The third-order valence-electron chi connectivity index (χ3n) is 1.86. The van der Waals surface area contributed by atoms with Crippen molar-refractivity contribution in [1.82, 2.24) is 0 Å². The number of rotatable bonds is 1. The van der Waals surface area contributed by atoms with E-state index in [2.05, 4.69) is 0 Å². The minimum Gasteiger partial charge on any atom is -0.327 e. The van der Waals surface area contributed by atoms with Gasteiger partial charge < -0.3 is 5.73 Å². The first-order valence-corrected chi connectivity index (χ1v) is 3.70. The highest BCUT2D eigenvalue weighted by atomic mass is 19.4. The average molecular weight is 177 g/mol. The number of allylic oxidation sites excluding steroid dienone is 3. The Kier molecular flexibility index (Phi) is 2.57. The van der Waals surface area contributed by atoms with Crippen LogP contribution in [-0.2, 0) is 0 Å². The monoisotopic (exact) mass is 177 g/mol. The van der Waals surface area contributed by atoms with E-state index in [9.17, 15) is 13.2 Å². The molecular formula is C8H10F3N. The first-order valence-electron chi connectivity index (χ1n) is 3.70. The van der Waals surface area contributed by atoms with Gasteiger partial charge in [0, 0.05) is 12.1 Å². The van der Waals surface area contributed by atoms with Gasteiger partial charge in [-0.15, -0.1) is 0 Å². The zero-order chi connectivity index (χ0) is 9.19. The maximum Gasteiger partial charge on any atom is 0.412 e. The maximum absolute atomic E-state index is 12.0. The van der Waals surface area contributed by atoms with E-state index in [-0.39, 0.29) is 6.42 Å². The number of halogens is 3. The molecule has 4 heteroatoms. The largest absolute Gasteiger partial charge is 0.412 e. The second kappa shape index (κ2) is 3.31. The molecule has 0 saturated carbocycles. The SMILES string of the molecule is NCC1=CC=C(C(F)(F)F)CC1. The van der Waals surface area contributed by atoms with Crippen LogP contribution in [0.25, 0.3) is 0 Å². The van der Waals surface area contributed by atoms with Crippen molar-refractivity contribution in [3.05, 3.63) is 23.3 Å². The Bertz CT molecular complexity index is 225. The highest BCUT2D eigenvalue weighted by Gasteiger charge is 2.33. The van der Waals surface area contributed by atoms with Gasteiger partial charge in [0.15, 0.2) is 0 Å². The van der Waals surface area contributed by atoms with Crippen LogP contribution in [0.3, 0.4) is 0 Å². The van der Waals surface area contributed by atoms with Gasteiger partial charge in [0.2, 0.25) is 0 Å². The van der Waals surface area contributed by atoms with Crippen molar-refractivity contribution in [2.24, 2.45) is 5.73 Å². The van der Waals surface area contributed by atoms with Crippen molar-refractivity contribution in [2.45, 2.75) is 19.0 Å². The predicted molar refractivity (Wildman–Crippen MR) is 40.5 cm³/mol. The molecule has 0 aromatic rings. The Morgan fingerprint density at radius 3 is 2.25 bits per heavy atom. The summed E-state index contributed by atoms with van der Waals surface area (Å²) in [5, 5.41) is 0. The summed E-state index contributed by atoms with van der Waals surface area (Å²) in [4.78, 5) is 0. The molecule has 0 amide bonds. The summed E-state index contributed by atoms with van der Waals surface area (Å²) in [5.41, 5.74) is 5.70. The minimum atomic E-state index is -4.17. The van der Waals surface area contributed by atoms with E-state index >= 15 is 0 Å². The van der Waals surface area contributed by atoms with E-state index in [1.54, 1.807) is 0 Å². The third-order valence-corrected chi connectivity index (χ3v) is 1.86. The van der Waals surface area contributed by atoms with Crippen LogP contribution < -0.4 is 5.73 Å². The standard InChI is InChI=1S/C8H10F3N/c9-8(10,11)7-3-1-6(5-12)2-4-7/h1,3H,2,4-5,12H2. The van der Waals surface area contributed by atoms with Gasteiger partial charge in [-0.1, -0.05) is 17.7 Å². The lowest BCUT2D eigenvalue weighted by atomic mass is 9.98. The molecule has 2 N–H and O–H groups in total. The van der Waals surface area contributed by atoms with Crippen molar-refractivity contribution < 1.29 is 13.2 Å². The van der Waals surface area contributed by atoms with Gasteiger partial charge in [0.25, 0.3) is 0 Å². The fraction of sp³-hybridized carbons (Fsp3) is 0.500. The van der Waals surface area contributed by atoms with Gasteiger partial charge >= 0.3 is 6.18 Å². The summed E-state index contributed by atoms with van der Waals surface area (Å²) in [6, 6.07) is 0. The first kappa shape index (κ1) is 9.32. The van der Waals surface area contributed by atoms with Gasteiger partial charge in [0.05, 0.1) is 0 Å². The van der Waals surface area contributed by atoms with E-state index in [1.165, 1.54) is 6.08 Å².